The van der Waals surface area contributed by atoms with Gasteiger partial charge in [0, 0.05) is 30.0 Å². The topological polar surface area (TPSA) is 75.2 Å². The van der Waals surface area contributed by atoms with Gasteiger partial charge in [0.05, 0.1) is 0 Å². The molecular formula is C17H20N4O2S. The van der Waals surface area contributed by atoms with Gasteiger partial charge in [-0.3, -0.25) is 9.59 Å². The summed E-state index contributed by atoms with van der Waals surface area (Å²) in [7, 11) is 0. The number of nitrogens with zero attached hydrogens (tertiary/aromatic N) is 3. The zero-order valence-electron chi connectivity index (χ0n) is 13.9. The Hall–Kier alpha value is -2.28. The van der Waals surface area contributed by atoms with Gasteiger partial charge in [-0.15, -0.1) is 10.2 Å². The van der Waals surface area contributed by atoms with Gasteiger partial charge in [-0.2, -0.15) is 0 Å². The summed E-state index contributed by atoms with van der Waals surface area (Å²) in [4.78, 5) is 26.1. The maximum Gasteiger partial charge on any atom is 0.231 e. The standard InChI is InChI=1S/C17H20N4O2S/c1-17(2,3)15(23)18-16-20-19-14(24-16)11-9-13(22)21(10-11)12-7-5-4-6-8-12/h4-8,11H,9-10H2,1-3H3,(H,18,20,23)/t11-/m1/s1. The van der Waals surface area contributed by atoms with Gasteiger partial charge >= 0.3 is 0 Å². The van der Waals surface area contributed by atoms with Crippen molar-refractivity contribution >= 4 is 34.0 Å². The second-order valence-electron chi connectivity index (χ2n) is 6.89. The van der Waals surface area contributed by atoms with Crippen LogP contribution in [-0.4, -0.2) is 28.6 Å². The van der Waals surface area contributed by atoms with Crippen LogP contribution in [-0.2, 0) is 9.59 Å². The minimum Gasteiger partial charge on any atom is -0.312 e. The summed E-state index contributed by atoms with van der Waals surface area (Å²) in [5.74, 6) is -0.00391. The number of amides is 2. The van der Waals surface area contributed by atoms with Crippen molar-refractivity contribution in [1.82, 2.24) is 10.2 Å². The number of benzene rings is 1. The highest BCUT2D eigenvalue weighted by Gasteiger charge is 2.34. The van der Waals surface area contributed by atoms with Crippen molar-refractivity contribution in [2.75, 3.05) is 16.8 Å². The van der Waals surface area contributed by atoms with E-state index in [1.807, 2.05) is 51.1 Å². The largest absolute Gasteiger partial charge is 0.312 e. The third-order valence-corrected chi connectivity index (χ3v) is 4.89. The second-order valence-corrected chi connectivity index (χ2v) is 7.90. The molecule has 6 nitrogen and oxygen atoms in total. The van der Waals surface area contributed by atoms with Crippen LogP contribution in [0.4, 0.5) is 10.8 Å². The minimum atomic E-state index is -0.487. The van der Waals surface area contributed by atoms with Crippen LogP contribution >= 0.6 is 11.3 Å². The van der Waals surface area contributed by atoms with Crippen LogP contribution < -0.4 is 10.2 Å². The van der Waals surface area contributed by atoms with Gasteiger partial charge < -0.3 is 10.2 Å². The molecule has 1 aromatic heterocycles. The molecule has 2 heterocycles. The number of anilines is 2. The van der Waals surface area contributed by atoms with Crippen LogP contribution in [0.3, 0.4) is 0 Å². The first kappa shape index (κ1) is 16.6. The monoisotopic (exact) mass is 344 g/mol. The fraction of sp³-hybridized carbons (Fsp3) is 0.412. The van der Waals surface area contributed by atoms with E-state index in [0.29, 0.717) is 18.1 Å². The predicted octanol–water partition coefficient (Wildman–Crippen LogP) is 3.04. The van der Waals surface area contributed by atoms with E-state index >= 15 is 0 Å². The summed E-state index contributed by atoms with van der Waals surface area (Å²) in [6, 6.07) is 9.61. The van der Waals surface area contributed by atoms with Crippen LogP contribution in [0, 0.1) is 5.41 Å². The highest BCUT2D eigenvalue weighted by Crippen LogP contribution is 2.34. The summed E-state index contributed by atoms with van der Waals surface area (Å²) in [6.07, 6.45) is 0.413. The van der Waals surface area contributed by atoms with Gasteiger partial charge in [0.25, 0.3) is 0 Å². The number of carbonyl (C=O) groups excluding carboxylic acids is 2. The molecule has 0 radical (unpaired) electrons. The molecule has 2 amide bonds. The molecule has 0 bridgehead atoms. The van der Waals surface area contributed by atoms with E-state index < -0.39 is 5.41 Å². The highest BCUT2D eigenvalue weighted by molar-refractivity contribution is 7.15. The fourth-order valence-electron chi connectivity index (χ4n) is 2.47. The third kappa shape index (κ3) is 3.46. The fourth-order valence-corrected chi connectivity index (χ4v) is 3.29. The van der Waals surface area contributed by atoms with Crippen molar-refractivity contribution in [1.29, 1.82) is 0 Å². The Morgan fingerprint density at radius 2 is 1.96 bits per heavy atom. The van der Waals surface area contributed by atoms with E-state index in [0.717, 1.165) is 10.7 Å². The molecule has 0 aliphatic carbocycles. The molecule has 1 aromatic carbocycles. The lowest BCUT2D eigenvalue weighted by Gasteiger charge is -2.16. The predicted molar refractivity (Wildman–Crippen MR) is 94.1 cm³/mol. The lowest BCUT2D eigenvalue weighted by molar-refractivity contribution is -0.123. The lowest BCUT2D eigenvalue weighted by Crippen LogP contribution is -2.27. The number of rotatable bonds is 3. The molecule has 0 unspecified atom stereocenters. The van der Waals surface area contributed by atoms with E-state index in [2.05, 4.69) is 15.5 Å². The number of carbonyl (C=O) groups is 2. The van der Waals surface area contributed by atoms with Gasteiger partial charge in [-0.25, -0.2) is 0 Å². The molecule has 126 valence electrons. The Morgan fingerprint density at radius 1 is 1.25 bits per heavy atom. The third-order valence-electron chi connectivity index (χ3n) is 3.88. The maximum absolute atomic E-state index is 12.3. The average molecular weight is 344 g/mol. The molecule has 3 rings (SSSR count). The summed E-state index contributed by atoms with van der Waals surface area (Å²) < 4.78 is 0. The van der Waals surface area contributed by atoms with Gasteiger partial charge in [0.15, 0.2) is 0 Å². The van der Waals surface area contributed by atoms with Gasteiger partial charge in [0.1, 0.15) is 5.01 Å². The first-order valence-electron chi connectivity index (χ1n) is 7.85. The Bertz CT molecular complexity index is 751. The summed E-state index contributed by atoms with van der Waals surface area (Å²) in [5.41, 5.74) is 0.412. The second kappa shape index (κ2) is 6.32. The quantitative estimate of drug-likeness (QED) is 0.928. The Kier molecular flexibility index (Phi) is 4.36. The normalized spacial score (nSPS) is 18.0. The molecule has 7 heteroatoms. The van der Waals surface area contributed by atoms with Crippen LogP contribution in [0.5, 0.6) is 0 Å². The van der Waals surface area contributed by atoms with Crippen molar-refractivity contribution in [2.45, 2.75) is 33.1 Å². The van der Waals surface area contributed by atoms with E-state index in [9.17, 15) is 9.59 Å². The van der Waals surface area contributed by atoms with Crippen molar-refractivity contribution in [3.05, 3.63) is 35.3 Å². The van der Waals surface area contributed by atoms with E-state index in [1.165, 1.54) is 11.3 Å². The van der Waals surface area contributed by atoms with Crippen LogP contribution in [0.1, 0.15) is 38.1 Å². The molecule has 1 aliphatic heterocycles. The molecule has 2 aromatic rings. The van der Waals surface area contributed by atoms with E-state index in [1.54, 1.807) is 4.90 Å². The van der Waals surface area contributed by atoms with Gasteiger partial charge in [0.2, 0.25) is 16.9 Å². The summed E-state index contributed by atoms with van der Waals surface area (Å²) in [6.45, 7) is 6.12. The SMILES string of the molecule is CC(C)(C)C(=O)Nc1nnc([C@@H]2CC(=O)N(c3ccccc3)C2)s1. The number of aromatic nitrogens is 2. The van der Waals surface area contributed by atoms with Gasteiger partial charge in [-0.1, -0.05) is 50.3 Å². The Labute approximate surface area is 144 Å². The number of para-hydroxylation sites is 1. The maximum atomic E-state index is 12.3. The molecule has 24 heavy (non-hydrogen) atoms. The molecule has 1 aliphatic rings. The lowest BCUT2D eigenvalue weighted by atomic mass is 9.96. The van der Waals surface area contributed by atoms with Crippen LogP contribution in [0.15, 0.2) is 30.3 Å². The molecule has 0 spiro atoms. The first-order chi connectivity index (χ1) is 11.3. The number of hydrogen-bond acceptors (Lipinski definition) is 5. The zero-order chi connectivity index (χ0) is 17.3. The Balaban J connectivity index is 1.70. The molecular weight excluding hydrogens is 324 g/mol. The number of nitrogens with one attached hydrogen (secondary N) is 1. The van der Waals surface area contributed by atoms with Crippen molar-refractivity contribution in [2.24, 2.45) is 5.41 Å². The average Bonchev–Trinajstić information content (AvgIpc) is 3.14. The molecule has 1 saturated heterocycles. The molecule has 1 atom stereocenters. The van der Waals surface area contributed by atoms with Crippen molar-refractivity contribution < 1.29 is 9.59 Å². The molecule has 0 saturated carbocycles. The summed E-state index contributed by atoms with van der Waals surface area (Å²) >= 11 is 1.34. The zero-order valence-corrected chi connectivity index (χ0v) is 14.8. The number of hydrogen-bond donors (Lipinski definition) is 1. The van der Waals surface area contributed by atoms with Crippen molar-refractivity contribution in [3.8, 4) is 0 Å². The Morgan fingerprint density at radius 3 is 2.62 bits per heavy atom. The molecule has 1 fully saturated rings. The smallest absolute Gasteiger partial charge is 0.231 e. The highest BCUT2D eigenvalue weighted by atomic mass is 32.1. The minimum absolute atomic E-state index is 0.00972. The first-order valence-corrected chi connectivity index (χ1v) is 8.66. The molecule has 1 N–H and O–H groups in total. The van der Waals surface area contributed by atoms with E-state index in [4.69, 9.17) is 0 Å². The summed E-state index contributed by atoms with van der Waals surface area (Å²) in [5, 5.41) is 12.3. The van der Waals surface area contributed by atoms with Crippen LogP contribution in [0.25, 0.3) is 0 Å². The van der Waals surface area contributed by atoms with E-state index in [-0.39, 0.29) is 17.7 Å². The van der Waals surface area contributed by atoms with Gasteiger partial charge in [-0.05, 0) is 12.1 Å². The van der Waals surface area contributed by atoms with Crippen LogP contribution in [0.2, 0.25) is 0 Å². The van der Waals surface area contributed by atoms with Crippen molar-refractivity contribution in [3.63, 3.8) is 0 Å².